The van der Waals surface area contributed by atoms with Crippen molar-refractivity contribution in [3.63, 3.8) is 0 Å². The molecule has 0 radical (unpaired) electrons. The summed E-state index contributed by atoms with van der Waals surface area (Å²) in [6.07, 6.45) is 5.75. The largest absolute Gasteiger partial charge is 0.368 e. The fourth-order valence-corrected chi connectivity index (χ4v) is 4.66. The second-order valence-corrected chi connectivity index (χ2v) is 9.61. The Bertz CT molecular complexity index is 1590. The maximum absolute atomic E-state index is 11.6. The van der Waals surface area contributed by atoms with Crippen molar-refractivity contribution in [1.29, 1.82) is 0 Å². The zero-order chi connectivity index (χ0) is 26.3. The molecule has 8 nitrogen and oxygen atoms in total. The number of nitrogens with one attached hydrogen (secondary N) is 3. The van der Waals surface area contributed by atoms with Crippen LogP contribution in [0, 0.1) is 0 Å². The number of anilines is 1. The number of unbranched alkanes of at least 4 members (excludes halogenated alkanes) is 1. The molecule has 9 heteroatoms. The molecule has 5 N–H and O–H groups in total. The van der Waals surface area contributed by atoms with Crippen LogP contribution in [0.15, 0.2) is 67.0 Å². The Hall–Kier alpha value is -3.85. The zero-order valence-corrected chi connectivity index (χ0v) is 21.8. The first-order chi connectivity index (χ1) is 18.6. The molecule has 0 saturated heterocycles. The topological polar surface area (TPSA) is 118 Å². The minimum atomic E-state index is -0.468. The average Bonchev–Trinajstić information content (AvgIpc) is 2.93. The summed E-state index contributed by atoms with van der Waals surface area (Å²) in [7, 11) is 0. The maximum atomic E-state index is 11.6. The summed E-state index contributed by atoms with van der Waals surface area (Å²) >= 11 is 6.05. The van der Waals surface area contributed by atoms with Gasteiger partial charge >= 0.3 is 0 Å². The lowest BCUT2D eigenvalue weighted by molar-refractivity contribution is 0.100. The molecule has 2 aromatic carbocycles. The number of hydrogen-bond acceptors (Lipinski definition) is 7. The number of hydrogen-bond donors (Lipinski definition) is 4. The van der Waals surface area contributed by atoms with E-state index in [1.165, 1.54) is 0 Å². The van der Waals surface area contributed by atoms with Crippen LogP contribution in [0.2, 0.25) is 5.02 Å². The maximum Gasteiger partial charge on any atom is 0.248 e. The molecule has 0 bridgehead atoms. The molecule has 38 heavy (non-hydrogen) atoms. The van der Waals surface area contributed by atoms with E-state index in [0.29, 0.717) is 11.1 Å². The number of nitrogens with two attached hydrogens (primary N) is 1. The Kier molecular flexibility index (Phi) is 8.23. The van der Waals surface area contributed by atoms with Gasteiger partial charge in [-0.05, 0) is 68.4 Å². The highest BCUT2D eigenvalue weighted by Gasteiger charge is 2.10. The number of carbonyl (C=O) groups is 1. The van der Waals surface area contributed by atoms with Crippen molar-refractivity contribution in [2.45, 2.75) is 19.4 Å². The van der Waals surface area contributed by atoms with Crippen molar-refractivity contribution in [1.82, 2.24) is 25.6 Å². The van der Waals surface area contributed by atoms with E-state index in [1.807, 2.05) is 42.6 Å². The van der Waals surface area contributed by atoms with Gasteiger partial charge in [-0.1, -0.05) is 23.7 Å². The lowest BCUT2D eigenvalue weighted by atomic mass is 10.1. The Labute approximate surface area is 226 Å². The Balaban J connectivity index is 1.04. The average molecular weight is 528 g/mol. The Morgan fingerprint density at radius 1 is 0.816 bits per heavy atom. The summed E-state index contributed by atoms with van der Waals surface area (Å²) < 4.78 is 0. The van der Waals surface area contributed by atoms with Gasteiger partial charge in [0.15, 0.2) is 0 Å². The number of carbonyl (C=O) groups excluding carboxylic acids is 1. The molecule has 5 rings (SSSR count). The molecule has 5 aromatic rings. The van der Waals surface area contributed by atoms with Crippen molar-refractivity contribution >= 4 is 55.9 Å². The van der Waals surface area contributed by atoms with Gasteiger partial charge in [0.05, 0.1) is 16.7 Å². The molecule has 0 spiro atoms. The van der Waals surface area contributed by atoms with E-state index >= 15 is 0 Å². The van der Waals surface area contributed by atoms with E-state index in [0.717, 1.165) is 89.2 Å². The van der Waals surface area contributed by atoms with Gasteiger partial charge < -0.3 is 21.7 Å². The Morgan fingerprint density at radius 3 is 2.55 bits per heavy atom. The molecular weight excluding hydrogens is 498 g/mol. The second kappa shape index (κ2) is 12.1. The van der Waals surface area contributed by atoms with Gasteiger partial charge in [-0.25, -0.2) is 4.98 Å². The van der Waals surface area contributed by atoms with Crippen molar-refractivity contribution in [2.24, 2.45) is 5.73 Å². The minimum Gasteiger partial charge on any atom is -0.368 e. The molecule has 0 atom stereocenters. The van der Waals surface area contributed by atoms with Crippen LogP contribution in [0.4, 0.5) is 5.82 Å². The van der Waals surface area contributed by atoms with E-state index in [2.05, 4.69) is 32.0 Å². The van der Waals surface area contributed by atoms with Gasteiger partial charge in [0.25, 0.3) is 0 Å². The van der Waals surface area contributed by atoms with Gasteiger partial charge in [0.2, 0.25) is 5.91 Å². The fraction of sp³-hybridized carbons (Fsp3) is 0.241. The number of pyridine rings is 3. The molecule has 3 aromatic heterocycles. The minimum absolute atomic E-state index is 0.439. The normalized spacial score (nSPS) is 11.4. The number of aromatic nitrogens is 3. The fourth-order valence-electron chi connectivity index (χ4n) is 4.48. The van der Waals surface area contributed by atoms with Crippen LogP contribution >= 0.6 is 11.6 Å². The SMILES string of the molecule is NC(=O)c1ccc2c(c1)nc(NCCNCCCCNCc1ccc3cc(Cl)ccc3n1)c1ccncc12. The van der Waals surface area contributed by atoms with E-state index in [9.17, 15) is 4.79 Å². The second-order valence-electron chi connectivity index (χ2n) is 9.18. The van der Waals surface area contributed by atoms with Crippen LogP contribution in [0.3, 0.4) is 0 Å². The summed E-state index contributed by atoms with van der Waals surface area (Å²) in [6.45, 7) is 4.17. The first-order valence-corrected chi connectivity index (χ1v) is 13.1. The van der Waals surface area contributed by atoms with Crippen LogP contribution in [0.1, 0.15) is 28.9 Å². The van der Waals surface area contributed by atoms with Crippen molar-refractivity contribution in [3.05, 3.63) is 83.3 Å². The molecule has 0 saturated carbocycles. The van der Waals surface area contributed by atoms with Crippen LogP contribution < -0.4 is 21.7 Å². The zero-order valence-electron chi connectivity index (χ0n) is 21.0. The van der Waals surface area contributed by atoms with Gasteiger partial charge in [-0.15, -0.1) is 0 Å². The van der Waals surface area contributed by atoms with Crippen molar-refractivity contribution in [3.8, 4) is 0 Å². The number of benzene rings is 2. The summed E-state index contributed by atoms with van der Waals surface area (Å²) in [6, 6.07) is 17.2. The first kappa shape index (κ1) is 25.8. The van der Waals surface area contributed by atoms with Gasteiger partial charge in [-0.2, -0.15) is 0 Å². The number of nitrogens with zero attached hydrogens (tertiary/aromatic N) is 3. The third-order valence-corrected chi connectivity index (χ3v) is 6.68. The summed E-state index contributed by atoms with van der Waals surface area (Å²) in [5, 5.41) is 15.1. The molecule has 194 valence electrons. The summed E-state index contributed by atoms with van der Waals surface area (Å²) in [5.41, 5.74) is 8.60. The van der Waals surface area contributed by atoms with Crippen LogP contribution in [0.5, 0.6) is 0 Å². The number of fused-ring (bicyclic) bond motifs is 4. The third-order valence-electron chi connectivity index (χ3n) is 6.45. The molecular formula is C29H30ClN7O. The predicted octanol–water partition coefficient (Wildman–Crippen LogP) is 4.66. The van der Waals surface area contributed by atoms with Gasteiger partial charge in [0.1, 0.15) is 5.82 Å². The number of rotatable bonds is 12. The summed E-state index contributed by atoms with van der Waals surface area (Å²) in [4.78, 5) is 25.3. The highest BCUT2D eigenvalue weighted by molar-refractivity contribution is 6.31. The summed E-state index contributed by atoms with van der Waals surface area (Å²) in [5.74, 6) is 0.304. The highest BCUT2D eigenvalue weighted by Crippen LogP contribution is 2.29. The van der Waals surface area contributed by atoms with E-state index in [-0.39, 0.29) is 0 Å². The quantitative estimate of drug-likeness (QED) is 0.138. The number of amides is 1. The molecule has 1 amide bonds. The molecule has 0 fully saturated rings. The number of primary amides is 1. The number of halogens is 1. The molecule has 3 heterocycles. The Morgan fingerprint density at radius 2 is 1.68 bits per heavy atom. The van der Waals surface area contributed by atoms with E-state index < -0.39 is 5.91 Å². The monoisotopic (exact) mass is 527 g/mol. The highest BCUT2D eigenvalue weighted by atomic mass is 35.5. The molecule has 0 aliphatic carbocycles. The van der Waals surface area contributed by atoms with Crippen molar-refractivity contribution in [2.75, 3.05) is 31.5 Å². The molecule has 0 unspecified atom stereocenters. The van der Waals surface area contributed by atoms with Crippen LogP contribution in [-0.2, 0) is 6.54 Å². The third kappa shape index (κ3) is 6.16. The molecule has 0 aliphatic heterocycles. The first-order valence-electron chi connectivity index (χ1n) is 12.8. The smallest absolute Gasteiger partial charge is 0.248 e. The van der Waals surface area contributed by atoms with Gasteiger partial charge in [0, 0.05) is 64.2 Å². The van der Waals surface area contributed by atoms with Crippen molar-refractivity contribution < 1.29 is 4.79 Å². The molecule has 0 aliphatic rings. The van der Waals surface area contributed by atoms with Crippen LogP contribution in [0.25, 0.3) is 32.6 Å². The van der Waals surface area contributed by atoms with Crippen LogP contribution in [-0.4, -0.2) is 47.0 Å². The predicted molar refractivity (Wildman–Crippen MR) is 155 cm³/mol. The van der Waals surface area contributed by atoms with Gasteiger partial charge in [-0.3, -0.25) is 14.8 Å². The lowest BCUT2D eigenvalue weighted by Crippen LogP contribution is -2.24. The van der Waals surface area contributed by atoms with E-state index in [1.54, 1.807) is 18.3 Å². The standard InChI is InChI=1S/C29H30ClN7O/c30-21-5-8-26-19(15-21)3-6-22(36-26)17-33-11-2-1-10-32-13-14-35-29-24-9-12-34-18-25(24)23-7-4-20(28(31)38)16-27(23)37-29/h3-9,12,15-16,18,32-33H,1-2,10-11,13-14,17H2,(H2,31,38)(H,35,37). The lowest BCUT2D eigenvalue weighted by Gasteiger charge is -2.12. The van der Waals surface area contributed by atoms with E-state index in [4.69, 9.17) is 22.3 Å².